The second-order valence-corrected chi connectivity index (χ2v) is 6.65. The van der Waals surface area contributed by atoms with E-state index in [1.165, 1.54) is 19.3 Å². The van der Waals surface area contributed by atoms with Crippen molar-refractivity contribution in [3.63, 3.8) is 0 Å². The van der Waals surface area contributed by atoms with Crippen LogP contribution < -0.4 is 5.32 Å². The third-order valence-electron chi connectivity index (χ3n) is 4.98. The average molecular weight is 319 g/mol. The molecule has 0 aliphatic heterocycles. The number of para-hydroxylation sites is 1. The molecule has 1 saturated carbocycles. The van der Waals surface area contributed by atoms with Crippen LogP contribution in [0.25, 0.3) is 10.9 Å². The van der Waals surface area contributed by atoms with Crippen LogP contribution in [-0.2, 0) is 6.54 Å². The highest BCUT2D eigenvalue weighted by molar-refractivity contribution is 6.13. The molecule has 1 aromatic carbocycles. The van der Waals surface area contributed by atoms with Gasteiger partial charge in [0.05, 0.1) is 5.56 Å². The molecule has 1 N–H and O–H groups in total. The summed E-state index contributed by atoms with van der Waals surface area (Å²) in [4.78, 5) is 16.9. The van der Waals surface area contributed by atoms with Crippen LogP contribution in [0.2, 0.25) is 0 Å². The minimum absolute atomic E-state index is 0.0622. The highest BCUT2D eigenvalue weighted by atomic mass is 16.1. The van der Waals surface area contributed by atoms with Gasteiger partial charge in [0.2, 0.25) is 0 Å². The molecule has 0 bridgehead atoms. The fourth-order valence-corrected chi connectivity index (χ4v) is 3.34. The van der Waals surface area contributed by atoms with Crippen LogP contribution in [0, 0.1) is 12.8 Å². The van der Waals surface area contributed by atoms with Gasteiger partial charge in [0.1, 0.15) is 0 Å². The molecule has 0 spiro atoms. The van der Waals surface area contributed by atoms with E-state index in [0.717, 1.165) is 40.2 Å². The summed E-state index contributed by atoms with van der Waals surface area (Å²) >= 11 is 0. The Balaban J connectivity index is 1.68. The van der Waals surface area contributed by atoms with Crippen molar-refractivity contribution in [1.29, 1.82) is 0 Å². The normalized spacial score (nSPS) is 14.5. The van der Waals surface area contributed by atoms with Gasteiger partial charge >= 0.3 is 0 Å². The average Bonchev–Trinajstić information content (AvgIpc) is 2.92. The lowest BCUT2D eigenvalue weighted by Crippen LogP contribution is -2.17. The molecular weight excluding hydrogens is 298 g/mol. The number of rotatable bonds is 4. The number of benzene rings is 1. The van der Waals surface area contributed by atoms with Crippen LogP contribution >= 0.6 is 0 Å². The smallest absolute Gasteiger partial charge is 0.257 e. The molecule has 4 nitrogen and oxygen atoms in total. The van der Waals surface area contributed by atoms with Crippen LogP contribution in [0.15, 0.2) is 48.9 Å². The summed E-state index contributed by atoms with van der Waals surface area (Å²) in [7, 11) is 0. The predicted molar refractivity (Wildman–Crippen MR) is 96.2 cm³/mol. The first-order valence-electron chi connectivity index (χ1n) is 8.52. The molecule has 24 heavy (non-hydrogen) atoms. The minimum Gasteiger partial charge on any atom is -0.346 e. The van der Waals surface area contributed by atoms with E-state index in [0.29, 0.717) is 0 Å². The van der Waals surface area contributed by atoms with Gasteiger partial charge in [-0.05, 0) is 43.4 Å². The Morgan fingerprint density at radius 3 is 2.88 bits per heavy atom. The number of carbonyl (C=O) groups excluding carboxylic acids is 1. The van der Waals surface area contributed by atoms with E-state index in [9.17, 15) is 4.79 Å². The Kier molecular flexibility index (Phi) is 3.81. The molecule has 3 aromatic rings. The number of aryl methyl sites for hydroxylation is 1. The van der Waals surface area contributed by atoms with Crippen molar-refractivity contribution in [3.05, 3.63) is 60.0 Å². The van der Waals surface area contributed by atoms with Gasteiger partial charge < -0.3 is 9.88 Å². The molecule has 4 heteroatoms. The number of hydrogen-bond acceptors (Lipinski definition) is 2. The number of amides is 1. The first-order valence-corrected chi connectivity index (χ1v) is 8.52. The van der Waals surface area contributed by atoms with Gasteiger partial charge in [-0.2, -0.15) is 0 Å². The van der Waals surface area contributed by atoms with Gasteiger partial charge in [0.15, 0.2) is 0 Å². The molecule has 2 aromatic heterocycles. The third kappa shape index (κ3) is 2.68. The van der Waals surface area contributed by atoms with Crippen molar-refractivity contribution in [1.82, 2.24) is 9.55 Å². The molecule has 0 radical (unpaired) electrons. The van der Waals surface area contributed by atoms with Crippen LogP contribution in [0.1, 0.15) is 35.2 Å². The highest BCUT2D eigenvalue weighted by Gasteiger charge is 2.21. The van der Waals surface area contributed by atoms with Gasteiger partial charge in [-0.25, -0.2) is 0 Å². The van der Waals surface area contributed by atoms with Crippen molar-refractivity contribution >= 4 is 22.5 Å². The van der Waals surface area contributed by atoms with Crippen LogP contribution in [0.3, 0.4) is 0 Å². The molecule has 1 aliphatic carbocycles. The Hall–Kier alpha value is -2.62. The number of hydrogen-bond donors (Lipinski definition) is 1. The lowest BCUT2D eigenvalue weighted by Gasteiger charge is -2.26. The quantitative estimate of drug-likeness (QED) is 0.775. The molecule has 2 heterocycles. The van der Waals surface area contributed by atoms with E-state index in [1.807, 2.05) is 37.4 Å². The topological polar surface area (TPSA) is 46.9 Å². The maximum atomic E-state index is 12.8. The van der Waals surface area contributed by atoms with Crippen LogP contribution in [-0.4, -0.2) is 15.5 Å². The van der Waals surface area contributed by atoms with Gasteiger partial charge in [0.25, 0.3) is 5.91 Å². The molecular formula is C20H21N3O. The zero-order valence-electron chi connectivity index (χ0n) is 13.8. The number of aromatic nitrogens is 2. The minimum atomic E-state index is -0.0622. The third-order valence-corrected chi connectivity index (χ3v) is 4.98. The van der Waals surface area contributed by atoms with E-state index in [4.69, 9.17) is 0 Å². The summed E-state index contributed by atoms with van der Waals surface area (Å²) in [5.41, 5.74) is 3.65. The number of nitrogens with zero attached hydrogens (tertiary/aromatic N) is 2. The van der Waals surface area contributed by atoms with Crippen molar-refractivity contribution in [3.8, 4) is 0 Å². The lowest BCUT2D eigenvalue weighted by molar-refractivity contribution is 0.102. The largest absolute Gasteiger partial charge is 0.346 e. The predicted octanol–water partition coefficient (Wildman–Crippen LogP) is 4.40. The van der Waals surface area contributed by atoms with Crippen molar-refractivity contribution in [2.45, 2.75) is 32.7 Å². The Morgan fingerprint density at radius 1 is 1.29 bits per heavy atom. The van der Waals surface area contributed by atoms with E-state index in [2.05, 4.69) is 20.9 Å². The summed E-state index contributed by atoms with van der Waals surface area (Å²) in [6.07, 6.45) is 9.39. The molecule has 0 atom stereocenters. The van der Waals surface area contributed by atoms with E-state index < -0.39 is 0 Å². The molecule has 1 aliphatic rings. The fourth-order valence-electron chi connectivity index (χ4n) is 3.34. The first kappa shape index (κ1) is 14.9. The van der Waals surface area contributed by atoms with E-state index in [-0.39, 0.29) is 5.91 Å². The Labute approximate surface area is 141 Å². The fraction of sp³-hybridized carbons (Fsp3) is 0.300. The second kappa shape index (κ2) is 6.11. The van der Waals surface area contributed by atoms with Gasteiger partial charge in [-0.3, -0.25) is 9.78 Å². The van der Waals surface area contributed by atoms with Crippen LogP contribution in [0.4, 0.5) is 5.69 Å². The van der Waals surface area contributed by atoms with Crippen LogP contribution in [0.5, 0.6) is 0 Å². The summed E-state index contributed by atoms with van der Waals surface area (Å²) in [6.45, 7) is 2.95. The zero-order valence-corrected chi connectivity index (χ0v) is 13.8. The van der Waals surface area contributed by atoms with Gasteiger partial charge in [-0.1, -0.05) is 24.6 Å². The highest BCUT2D eigenvalue weighted by Crippen LogP contribution is 2.31. The zero-order chi connectivity index (χ0) is 16.5. The summed E-state index contributed by atoms with van der Waals surface area (Å²) in [5, 5.41) is 4.04. The molecule has 0 saturated heterocycles. The Bertz CT molecular complexity index is 893. The maximum Gasteiger partial charge on any atom is 0.257 e. The molecule has 4 rings (SSSR count). The number of anilines is 1. The monoisotopic (exact) mass is 319 g/mol. The Morgan fingerprint density at radius 2 is 2.12 bits per heavy atom. The summed E-state index contributed by atoms with van der Waals surface area (Å²) in [6, 6.07) is 9.99. The molecule has 0 unspecified atom stereocenters. The standard InChI is InChI=1S/C20H21N3O/c1-14-11-21-10-9-18(14)22-20(24)17-13-23(12-15-5-4-6-15)19-8-3-2-7-16(17)19/h2-3,7-11,13,15H,4-6,12H2,1H3,(H,21,22,24). The number of nitrogens with one attached hydrogen (secondary N) is 1. The molecule has 1 fully saturated rings. The number of pyridine rings is 1. The second-order valence-electron chi connectivity index (χ2n) is 6.65. The molecule has 1 amide bonds. The van der Waals surface area contributed by atoms with Gasteiger partial charge in [0, 0.05) is 41.7 Å². The maximum absolute atomic E-state index is 12.8. The first-order chi connectivity index (χ1) is 11.7. The van der Waals surface area contributed by atoms with Crippen molar-refractivity contribution in [2.75, 3.05) is 5.32 Å². The van der Waals surface area contributed by atoms with Gasteiger partial charge in [-0.15, -0.1) is 0 Å². The number of fused-ring (bicyclic) bond motifs is 1. The SMILES string of the molecule is Cc1cnccc1NC(=O)c1cn(CC2CCC2)c2ccccc12. The van der Waals surface area contributed by atoms with E-state index in [1.54, 1.807) is 12.4 Å². The number of carbonyl (C=O) groups is 1. The molecule has 122 valence electrons. The van der Waals surface area contributed by atoms with E-state index >= 15 is 0 Å². The van der Waals surface area contributed by atoms with Crippen molar-refractivity contribution < 1.29 is 4.79 Å². The summed E-state index contributed by atoms with van der Waals surface area (Å²) < 4.78 is 2.24. The summed E-state index contributed by atoms with van der Waals surface area (Å²) in [5.74, 6) is 0.687. The lowest BCUT2D eigenvalue weighted by atomic mass is 9.85. The van der Waals surface area contributed by atoms with Crippen molar-refractivity contribution in [2.24, 2.45) is 5.92 Å².